The number of hydrogen-bond acceptors (Lipinski definition) is 8. The van der Waals surface area contributed by atoms with Crippen LogP contribution in [0.25, 0.3) is 0 Å². The van der Waals surface area contributed by atoms with Crippen molar-refractivity contribution in [2.75, 3.05) is 0 Å². The molecule has 1 saturated heterocycles. The Bertz CT molecular complexity index is 626. The highest BCUT2D eigenvalue weighted by molar-refractivity contribution is 8.06. The maximum Gasteiger partial charge on any atom is 0.330 e. The summed E-state index contributed by atoms with van der Waals surface area (Å²) in [7, 11) is -11.4. The normalized spacial score (nSPS) is 19.6. The van der Waals surface area contributed by atoms with E-state index in [2.05, 4.69) is 4.84 Å². The molecule has 0 radical (unpaired) electrons. The SMILES string of the molecule is CC(=O)ON1C(=O)CC(S(=O)(=O)O)(S(=O)(=O)O)C1=O. The van der Waals surface area contributed by atoms with Crippen molar-refractivity contribution in [3.8, 4) is 0 Å². The van der Waals surface area contributed by atoms with Crippen LogP contribution >= 0.6 is 0 Å². The zero-order chi connectivity index (χ0) is 15.2. The standard InChI is InChI=1S/C6H7NO10S2/c1-3(8)17-7-4(9)2-6(5(7)10,18(11,12)13)19(14,15)16/h2H2,1H3,(H,11,12,13)(H,14,15,16). The molecule has 1 rings (SSSR count). The summed E-state index contributed by atoms with van der Waals surface area (Å²) in [5, 5.41) is -0.441. The Kier molecular flexibility index (Phi) is 3.44. The molecule has 1 aliphatic heterocycles. The lowest BCUT2D eigenvalue weighted by atomic mass is 10.3. The van der Waals surface area contributed by atoms with Crippen molar-refractivity contribution < 1.29 is 45.2 Å². The topological polar surface area (TPSA) is 172 Å². The van der Waals surface area contributed by atoms with Crippen LogP contribution in [-0.2, 0) is 39.5 Å². The van der Waals surface area contributed by atoms with E-state index in [1.807, 2.05) is 0 Å². The molecule has 108 valence electrons. The van der Waals surface area contributed by atoms with Gasteiger partial charge >= 0.3 is 16.0 Å². The summed E-state index contributed by atoms with van der Waals surface area (Å²) in [6.07, 6.45) is -1.61. The molecule has 11 nitrogen and oxygen atoms in total. The first-order valence-electron chi connectivity index (χ1n) is 4.34. The van der Waals surface area contributed by atoms with Crippen LogP contribution in [0.4, 0.5) is 0 Å². The predicted octanol–water partition coefficient (Wildman–Crippen LogP) is -2.30. The van der Waals surface area contributed by atoms with Crippen LogP contribution in [0.3, 0.4) is 0 Å². The Morgan fingerprint density at radius 1 is 1.21 bits per heavy atom. The number of nitrogens with zero attached hydrogens (tertiary/aromatic N) is 1. The molecule has 2 amide bonds. The first kappa shape index (κ1) is 15.5. The van der Waals surface area contributed by atoms with Gasteiger partial charge in [0.1, 0.15) is 0 Å². The van der Waals surface area contributed by atoms with Gasteiger partial charge in [0.2, 0.25) is 0 Å². The average Bonchev–Trinajstić information content (AvgIpc) is 2.40. The Hall–Kier alpha value is -1.57. The van der Waals surface area contributed by atoms with E-state index >= 15 is 0 Å². The van der Waals surface area contributed by atoms with Crippen LogP contribution in [0, 0.1) is 0 Å². The van der Waals surface area contributed by atoms with E-state index in [1.165, 1.54) is 0 Å². The van der Waals surface area contributed by atoms with Crippen LogP contribution in [0.5, 0.6) is 0 Å². The average molecular weight is 317 g/mol. The fourth-order valence-corrected chi connectivity index (χ4v) is 3.66. The molecule has 0 bridgehead atoms. The van der Waals surface area contributed by atoms with Crippen LogP contribution < -0.4 is 0 Å². The second kappa shape index (κ2) is 4.22. The molecule has 1 fully saturated rings. The predicted molar refractivity (Wildman–Crippen MR) is 54.1 cm³/mol. The molecule has 2 N–H and O–H groups in total. The van der Waals surface area contributed by atoms with Gasteiger partial charge in [-0.25, -0.2) is 4.79 Å². The molecule has 0 aromatic heterocycles. The number of carbonyl (C=O) groups is 3. The van der Waals surface area contributed by atoms with Gasteiger partial charge < -0.3 is 4.84 Å². The zero-order valence-corrected chi connectivity index (χ0v) is 10.8. The largest absolute Gasteiger partial charge is 0.331 e. The highest BCUT2D eigenvalue weighted by Gasteiger charge is 2.70. The lowest BCUT2D eigenvalue weighted by Crippen LogP contribution is -2.52. The van der Waals surface area contributed by atoms with Crippen molar-refractivity contribution in [2.45, 2.75) is 17.4 Å². The van der Waals surface area contributed by atoms with Gasteiger partial charge in [0.25, 0.3) is 26.1 Å². The van der Waals surface area contributed by atoms with E-state index in [0.29, 0.717) is 0 Å². The van der Waals surface area contributed by atoms with E-state index < -0.39 is 53.6 Å². The molecule has 1 aliphatic rings. The zero-order valence-electron chi connectivity index (χ0n) is 9.13. The Balaban J connectivity index is 3.53. The summed E-state index contributed by atoms with van der Waals surface area (Å²) < 4.78 is 58.1. The molecule has 1 heterocycles. The van der Waals surface area contributed by atoms with Gasteiger partial charge in [-0.3, -0.25) is 18.7 Å². The molecule has 19 heavy (non-hydrogen) atoms. The van der Waals surface area contributed by atoms with Crippen molar-refractivity contribution in [1.29, 1.82) is 0 Å². The molecule has 0 unspecified atom stereocenters. The molecular weight excluding hydrogens is 310 g/mol. The number of hydroxylamine groups is 2. The molecule has 13 heteroatoms. The Morgan fingerprint density at radius 2 is 1.63 bits per heavy atom. The highest BCUT2D eigenvalue weighted by atomic mass is 32.3. The van der Waals surface area contributed by atoms with Crippen LogP contribution in [0.1, 0.15) is 13.3 Å². The molecule has 0 spiro atoms. The molecule has 0 aromatic carbocycles. The molecule has 0 atom stereocenters. The number of rotatable bonds is 3. The van der Waals surface area contributed by atoms with Crippen LogP contribution in [0.15, 0.2) is 0 Å². The van der Waals surface area contributed by atoms with E-state index in [9.17, 15) is 31.2 Å². The quantitative estimate of drug-likeness (QED) is 0.425. The fourth-order valence-electron chi connectivity index (χ4n) is 1.37. The van der Waals surface area contributed by atoms with Crippen molar-refractivity contribution in [1.82, 2.24) is 5.06 Å². The number of carbonyl (C=O) groups excluding carboxylic acids is 3. The third-order valence-electron chi connectivity index (χ3n) is 2.17. The highest BCUT2D eigenvalue weighted by Crippen LogP contribution is 2.36. The number of hydrogen-bond donors (Lipinski definition) is 2. The van der Waals surface area contributed by atoms with Gasteiger partial charge in [0, 0.05) is 6.92 Å². The van der Waals surface area contributed by atoms with Gasteiger partial charge in [-0.1, -0.05) is 5.06 Å². The van der Waals surface area contributed by atoms with Crippen molar-refractivity contribution in [3.63, 3.8) is 0 Å². The summed E-state index contributed by atoms with van der Waals surface area (Å²) in [4.78, 5) is 37.6. The second-order valence-electron chi connectivity index (χ2n) is 3.46. The lowest BCUT2D eigenvalue weighted by molar-refractivity contribution is -0.195. The number of imide groups is 1. The fraction of sp³-hybridized carbons (Fsp3) is 0.500. The van der Waals surface area contributed by atoms with Gasteiger partial charge in [-0.05, 0) is 0 Å². The second-order valence-corrected chi connectivity index (χ2v) is 7.01. The number of amides is 2. The smallest absolute Gasteiger partial charge is 0.330 e. The minimum atomic E-state index is -5.71. The minimum Gasteiger partial charge on any atom is -0.331 e. The van der Waals surface area contributed by atoms with Crippen molar-refractivity contribution >= 4 is 38.0 Å². The van der Waals surface area contributed by atoms with Gasteiger partial charge in [-0.15, -0.1) is 0 Å². The van der Waals surface area contributed by atoms with Crippen LogP contribution in [-0.4, -0.2) is 52.9 Å². The monoisotopic (exact) mass is 317 g/mol. The summed E-state index contributed by atoms with van der Waals surface area (Å²) in [5.74, 6) is -4.85. The molecule has 0 aliphatic carbocycles. The van der Waals surface area contributed by atoms with E-state index in [4.69, 9.17) is 9.11 Å². The first-order valence-corrected chi connectivity index (χ1v) is 7.22. The lowest BCUT2D eigenvalue weighted by Gasteiger charge is -2.19. The summed E-state index contributed by atoms with van der Waals surface area (Å²) >= 11 is 0. The van der Waals surface area contributed by atoms with E-state index in [1.54, 1.807) is 0 Å². The third-order valence-corrected chi connectivity index (χ3v) is 5.74. The Labute approximate surface area is 106 Å². The van der Waals surface area contributed by atoms with Gasteiger partial charge in [0.05, 0.1) is 6.42 Å². The van der Waals surface area contributed by atoms with Crippen molar-refractivity contribution in [3.05, 3.63) is 0 Å². The minimum absolute atomic E-state index is 0.441. The van der Waals surface area contributed by atoms with E-state index in [0.717, 1.165) is 6.92 Å². The maximum absolute atomic E-state index is 11.6. The molecular formula is C6H7NO10S2. The Morgan fingerprint density at radius 3 is 1.89 bits per heavy atom. The summed E-state index contributed by atoms with van der Waals surface area (Å²) in [6.45, 7) is 0.751. The maximum atomic E-state index is 11.6. The summed E-state index contributed by atoms with van der Waals surface area (Å²) in [6, 6.07) is 0. The van der Waals surface area contributed by atoms with Crippen LogP contribution in [0.2, 0.25) is 0 Å². The van der Waals surface area contributed by atoms with Gasteiger partial charge in [0.15, 0.2) is 0 Å². The first-order chi connectivity index (χ1) is 8.34. The summed E-state index contributed by atoms with van der Waals surface area (Å²) in [5.41, 5.74) is 0. The third kappa shape index (κ3) is 2.20. The van der Waals surface area contributed by atoms with E-state index in [-0.39, 0.29) is 0 Å². The van der Waals surface area contributed by atoms with Crippen molar-refractivity contribution in [2.24, 2.45) is 0 Å². The molecule has 0 aromatic rings. The molecule has 0 saturated carbocycles. The van der Waals surface area contributed by atoms with Gasteiger partial charge in [-0.2, -0.15) is 16.8 Å².